The van der Waals surface area contributed by atoms with Crippen LogP contribution in [0.3, 0.4) is 0 Å². The largest absolute Gasteiger partial charge is 0.396 e. The summed E-state index contributed by atoms with van der Waals surface area (Å²) in [5, 5.41) is 24.5. The first-order valence-electron chi connectivity index (χ1n) is 13.0. The SMILES string of the molecule is CCC(CO)CNc1cc(NC2CCCC2)nc2c(-c3ccc(C(=O)NC4CC4)c(C)c3)cnn12. The van der Waals surface area contributed by atoms with E-state index in [0.29, 0.717) is 24.2 Å². The number of anilines is 2. The van der Waals surface area contributed by atoms with Crippen molar-refractivity contribution in [1.82, 2.24) is 19.9 Å². The summed E-state index contributed by atoms with van der Waals surface area (Å²) in [5.41, 5.74) is 4.33. The van der Waals surface area contributed by atoms with Crippen molar-refractivity contribution in [3.63, 3.8) is 0 Å². The molecule has 0 radical (unpaired) electrons. The molecule has 0 saturated heterocycles. The molecule has 0 spiro atoms. The van der Waals surface area contributed by atoms with Crippen molar-refractivity contribution in [3.05, 3.63) is 41.6 Å². The number of hydrogen-bond donors (Lipinski definition) is 4. The van der Waals surface area contributed by atoms with E-state index in [4.69, 9.17) is 4.98 Å². The van der Waals surface area contributed by atoms with Gasteiger partial charge in [0.1, 0.15) is 11.6 Å². The number of amides is 1. The van der Waals surface area contributed by atoms with E-state index in [1.165, 1.54) is 12.8 Å². The van der Waals surface area contributed by atoms with Crippen LogP contribution in [0.15, 0.2) is 30.5 Å². The number of aliphatic hydroxyl groups excluding tert-OH is 1. The number of aliphatic hydroxyl groups is 1. The van der Waals surface area contributed by atoms with E-state index in [9.17, 15) is 9.90 Å². The van der Waals surface area contributed by atoms with Crippen LogP contribution in [-0.2, 0) is 0 Å². The minimum Gasteiger partial charge on any atom is -0.396 e. The lowest BCUT2D eigenvalue weighted by atomic mass is 10.0. The van der Waals surface area contributed by atoms with Crippen molar-refractivity contribution < 1.29 is 9.90 Å². The van der Waals surface area contributed by atoms with Crippen LogP contribution in [0, 0.1) is 12.8 Å². The van der Waals surface area contributed by atoms with Crippen LogP contribution >= 0.6 is 0 Å². The minimum absolute atomic E-state index is 0.00145. The second kappa shape index (κ2) is 10.2. The quantitative estimate of drug-likeness (QED) is 0.346. The molecule has 5 rings (SSSR count). The van der Waals surface area contributed by atoms with Crippen LogP contribution in [0.4, 0.5) is 11.6 Å². The summed E-state index contributed by atoms with van der Waals surface area (Å²) in [5.74, 6) is 1.86. The smallest absolute Gasteiger partial charge is 0.251 e. The molecule has 2 fully saturated rings. The Balaban J connectivity index is 1.48. The molecule has 2 aromatic heterocycles. The standard InChI is InChI=1S/C27H36N6O2/c1-3-18(16-34)14-28-25-13-24(30-20-6-4-5-7-20)32-26-23(15-29-33(25)26)19-8-11-22(17(2)12-19)27(35)31-21-9-10-21/h8,11-13,15,18,20-21,28,34H,3-7,9-10,14,16H2,1-2H3,(H,30,32)(H,31,35). The molecule has 2 heterocycles. The van der Waals surface area contributed by atoms with Crippen molar-refractivity contribution in [2.45, 2.75) is 70.9 Å². The van der Waals surface area contributed by atoms with Crippen LogP contribution in [0.25, 0.3) is 16.8 Å². The first-order valence-corrected chi connectivity index (χ1v) is 13.0. The van der Waals surface area contributed by atoms with E-state index in [1.54, 1.807) is 0 Å². The second-order valence-corrected chi connectivity index (χ2v) is 10.1. The van der Waals surface area contributed by atoms with E-state index in [2.05, 4.69) is 28.0 Å². The van der Waals surface area contributed by atoms with Crippen LogP contribution in [-0.4, -0.2) is 50.8 Å². The van der Waals surface area contributed by atoms with Gasteiger partial charge in [0.05, 0.1) is 6.20 Å². The van der Waals surface area contributed by atoms with Crippen LogP contribution in [0.5, 0.6) is 0 Å². The zero-order valence-electron chi connectivity index (χ0n) is 20.7. The zero-order chi connectivity index (χ0) is 24.4. The van der Waals surface area contributed by atoms with Gasteiger partial charge in [-0.05, 0) is 62.1 Å². The average Bonchev–Trinajstić information content (AvgIpc) is 3.33. The molecule has 186 valence electrons. The van der Waals surface area contributed by atoms with Gasteiger partial charge >= 0.3 is 0 Å². The van der Waals surface area contributed by atoms with Crippen LogP contribution in [0.1, 0.15) is 67.8 Å². The fourth-order valence-electron chi connectivity index (χ4n) is 4.81. The Morgan fingerprint density at radius 3 is 2.66 bits per heavy atom. The van der Waals surface area contributed by atoms with Crippen molar-refractivity contribution in [3.8, 4) is 11.1 Å². The highest BCUT2D eigenvalue weighted by atomic mass is 16.3. The lowest BCUT2D eigenvalue weighted by molar-refractivity contribution is 0.0950. The Morgan fingerprint density at radius 1 is 1.17 bits per heavy atom. The van der Waals surface area contributed by atoms with E-state index in [1.807, 2.05) is 41.9 Å². The minimum atomic E-state index is -0.00145. The van der Waals surface area contributed by atoms with Crippen molar-refractivity contribution in [1.29, 1.82) is 0 Å². The number of carbonyl (C=O) groups is 1. The number of nitrogens with zero attached hydrogens (tertiary/aromatic N) is 3. The number of aromatic nitrogens is 3. The topological polar surface area (TPSA) is 104 Å². The van der Waals surface area contributed by atoms with Gasteiger partial charge in [0, 0.05) is 42.4 Å². The zero-order valence-corrected chi connectivity index (χ0v) is 20.7. The van der Waals surface area contributed by atoms with E-state index in [-0.39, 0.29) is 18.4 Å². The number of hydrogen-bond acceptors (Lipinski definition) is 6. The maximum Gasteiger partial charge on any atom is 0.251 e. The summed E-state index contributed by atoms with van der Waals surface area (Å²) < 4.78 is 1.84. The molecule has 0 aliphatic heterocycles. The third-order valence-corrected chi connectivity index (χ3v) is 7.28. The molecule has 1 aromatic carbocycles. The summed E-state index contributed by atoms with van der Waals surface area (Å²) >= 11 is 0. The normalized spacial score (nSPS) is 17.0. The van der Waals surface area contributed by atoms with E-state index in [0.717, 1.165) is 66.1 Å². The highest BCUT2D eigenvalue weighted by Gasteiger charge is 2.25. The lowest BCUT2D eigenvalue weighted by Crippen LogP contribution is -2.26. The van der Waals surface area contributed by atoms with Gasteiger partial charge in [-0.3, -0.25) is 4.79 Å². The van der Waals surface area contributed by atoms with Crippen LogP contribution in [0.2, 0.25) is 0 Å². The number of nitrogens with one attached hydrogen (secondary N) is 3. The molecule has 1 unspecified atom stereocenters. The number of carbonyl (C=O) groups excluding carboxylic acids is 1. The summed E-state index contributed by atoms with van der Waals surface area (Å²) in [6.07, 6.45) is 9.70. The summed E-state index contributed by atoms with van der Waals surface area (Å²) in [7, 11) is 0. The predicted octanol–water partition coefficient (Wildman–Crippen LogP) is 4.38. The molecule has 2 saturated carbocycles. The summed E-state index contributed by atoms with van der Waals surface area (Å²) in [6.45, 7) is 4.87. The third-order valence-electron chi connectivity index (χ3n) is 7.28. The molecular weight excluding hydrogens is 440 g/mol. The number of fused-ring (bicyclic) bond motifs is 1. The first-order chi connectivity index (χ1) is 17.1. The third kappa shape index (κ3) is 5.27. The number of aryl methyl sites for hydroxylation is 1. The average molecular weight is 477 g/mol. The van der Waals surface area contributed by atoms with Gasteiger partial charge in [-0.1, -0.05) is 31.9 Å². The molecular formula is C27H36N6O2. The molecule has 35 heavy (non-hydrogen) atoms. The Labute approximate surface area is 206 Å². The van der Waals surface area contributed by atoms with Gasteiger partial charge in [0.15, 0.2) is 5.65 Å². The van der Waals surface area contributed by atoms with Gasteiger partial charge in [-0.25, -0.2) is 4.98 Å². The van der Waals surface area contributed by atoms with Gasteiger partial charge in [0.2, 0.25) is 0 Å². The summed E-state index contributed by atoms with van der Waals surface area (Å²) in [6, 6.07) is 8.72. The molecule has 2 aliphatic rings. The highest BCUT2D eigenvalue weighted by Crippen LogP contribution is 2.30. The molecule has 3 aromatic rings. The molecule has 0 bridgehead atoms. The molecule has 8 heteroatoms. The molecule has 8 nitrogen and oxygen atoms in total. The van der Waals surface area contributed by atoms with Gasteiger partial charge in [-0.2, -0.15) is 9.61 Å². The second-order valence-electron chi connectivity index (χ2n) is 10.1. The fourth-order valence-corrected chi connectivity index (χ4v) is 4.81. The molecule has 2 aliphatic carbocycles. The van der Waals surface area contributed by atoms with Gasteiger partial charge in [-0.15, -0.1) is 0 Å². The Hall–Kier alpha value is -3.13. The Morgan fingerprint density at radius 2 is 1.97 bits per heavy atom. The fraction of sp³-hybridized carbons (Fsp3) is 0.519. The first kappa shape index (κ1) is 23.6. The van der Waals surface area contributed by atoms with E-state index >= 15 is 0 Å². The number of rotatable bonds is 10. The molecule has 1 atom stereocenters. The van der Waals surface area contributed by atoms with Gasteiger partial charge in [0.25, 0.3) is 5.91 Å². The monoisotopic (exact) mass is 476 g/mol. The van der Waals surface area contributed by atoms with E-state index < -0.39 is 0 Å². The maximum absolute atomic E-state index is 12.6. The van der Waals surface area contributed by atoms with Crippen molar-refractivity contribution in [2.75, 3.05) is 23.8 Å². The summed E-state index contributed by atoms with van der Waals surface area (Å²) in [4.78, 5) is 17.5. The van der Waals surface area contributed by atoms with Crippen molar-refractivity contribution >= 4 is 23.2 Å². The predicted molar refractivity (Wildman–Crippen MR) is 139 cm³/mol. The maximum atomic E-state index is 12.6. The highest BCUT2D eigenvalue weighted by molar-refractivity contribution is 5.97. The van der Waals surface area contributed by atoms with Crippen molar-refractivity contribution in [2.24, 2.45) is 5.92 Å². The van der Waals surface area contributed by atoms with Gasteiger partial charge < -0.3 is 21.1 Å². The molecule has 4 N–H and O–H groups in total. The lowest BCUT2D eigenvalue weighted by Gasteiger charge is -2.17. The Bertz CT molecular complexity index is 1190. The van der Waals surface area contributed by atoms with Crippen LogP contribution < -0.4 is 16.0 Å². The Kier molecular flexibility index (Phi) is 6.90. The number of benzene rings is 1. The molecule has 1 amide bonds.